The van der Waals surface area contributed by atoms with E-state index in [4.69, 9.17) is 14.5 Å². The number of nitrogens with zero attached hydrogens (tertiary/aromatic N) is 4. The van der Waals surface area contributed by atoms with Gasteiger partial charge in [0.2, 0.25) is 6.79 Å². The Morgan fingerprint density at radius 1 is 1.06 bits per heavy atom. The van der Waals surface area contributed by atoms with Crippen LogP contribution in [0.3, 0.4) is 0 Å². The Kier molecular flexibility index (Phi) is 5.60. The van der Waals surface area contributed by atoms with Crippen molar-refractivity contribution >= 4 is 11.7 Å². The van der Waals surface area contributed by atoms with Crippen molar-refractivity contribution in [1.82, 2.24) is 19.8 Å². The molecule has 5 rings (SSSR count). The first-order chi connectivity index (χ1) is 15.7. The molecule has 0 saturated carbocycles. The second-order valence-electron chi connectivity index (χ2n) is 7.97. The molecule has 0 bridgehead atoms. The molecule has 1 fully saturated rings. The number of likely N-dealkylation sites (N-methyl/N-ethyl adjacent to an activating group) is 1. The molecular formula is C24H25N5O3. The highest BCUT2D eigenvalue weighted by atomic mass is 16.7. The predicted molar refractivity (Wildman–Crippen MR) is 121 cm³/mol. The van der Waals surface area contributed by atoms with E-state index in [-0.39, 0.29) is 12.7 Å². The molecule has 0 radical (unpaired) electrons. The minimum absolute atomic E-state index is 0.00322. The number of hydrogen-bond acceptors (Lipinski definition) is 7. The number of fused-ring (bicyclic) bond motifs is 1. The summed E-state index contributed by atoms with van der Waals surface area (Å²) in [4.78, 5) is 26.4. The molecule has 32 heavy (non-hydrogen) atoms. The number of anilines is 1. The number of carbonyl (C=O) groups excluding carboxylic acids is 1. The van der Waals surface area contributed by atoms with Gasteiger partial charge in [-0.25, -0.2) is 4.98 Å². The van der Waals surface area contributed by atoms with Crippen molar-refractivity contribution in [3.05, 3.63) is 66.0 Å². The predicted octanol–water partition coefficient (Wildman–Crippen LogP) is 2.87. The molecule has 0 aliphatic carbocycles. The van der Waals surface area contributed by atoms with Gasteiger partial charge in [-0.2, -0.15) is 0 Å². The van der Waals surface area contributed by atoms with E-state index < -0.39 is 0 Å². The highest BCUT2D eigenvalue weighted by Crippen LogP contribution is 2.36. The standard InChI is InChI=1S/C24H25N5O3/c1-28-9-11-29(12-10-28)24(30)19-5-6-20(18-4-7-21-22(13-18)32-16-31-21)27-23(19)26-15-17-3-2-8-25-14-17/h2-8,13-14H,9-12,15-16H2,1H3,(H,26,27). The van der Waals surface area contributed by atoms with Crippen molar-refractivity contribution in [2.24, 2.45) is 0 Å². The molecule has 3 aromatic rings. The van der Waals surface area contributed by atoms with E-state index in [2.05, 4.69) is 22.2 Å². The molecule has 0 unspecified atom stereocenters. The average Bonchev–Trinajstić information content (AvgIpc) is 3.31. The molecule has 1 N–H and O–H groups in total. The molecule has 2 aliphatic heterocycles. The fraction of sp³-hybridized carbons (Fsp3) is 0.292. The number of rotatable bonds is 5. The number of carbonyl (C=O) groups is 1. The van der Waals surface area contributed by atoms with Crippen molar-refractivity contribution < 1.29 is 14.3 Å². The van der Waals surface area contributed by atoms with Gasteiger partial charge >= 0.3 is 0 Å². The molecule has 8 nitrogen and oxygen atoms in total. The van der Waals surface area contributed by atoms with Gasteiger partial charge < -0.3 is 24.6 Å². The number of pyridine rings is 2. The Labute approximate surface area is 186 Å². The molecule has 1 saturated heterocycles. The van der Waals surface area contributed by atoms with Crippen LogP contribution in [0.25, 0.3) is 11.3 Å². The van der Waals surface area contributed by atoms with Crippen molar-refractivity contribution in [2.75, 3.05) is 45.3 Å². The van der Waals surface area contributed by atoms with Gasteiger partial charge in [0.25, 0.3) is 5.91 Å². The number of hydrogen-bond donors (Lipinski definition) is 1. The topological polar surface area (TPSA) is 79.8 Å². The molecular weight excluding hydrogens is 406 g/mol. The first kappa shape index (κ1) is 20.3. The Balaban J connectivity index is 1.45. The van der Waals surface area contributed by atoms with Crippen LogP contribution in [0, 0.1) is 0 Å². The average molecular weight is 431 g/mol. The Hall–Kier alpha value is -3.65. The van der Waals surface area contributed by atoms with E-state index >= 15 is 0 Å². The number of piperazine rings is 1. The minimum Gasteiger partial charge on any atom is -0.454 e. The minimum atomic E-state index is -0.00322. The highest BCUT2D eigenvalue weighted by Gasteiger charge is 2.24. The zero-order valence-corrected chi connectivity index (χ0v) is 18.0. The summed E-state index contributed by atoms with van der Waals surface area (Å²) < 4.78 is 10.9. The largest absolute Gasteiger partial charge is 0.454 e. The summed E-state index contributed by atoms with van der Waals surface area (Å²) in [6.45, 7) is 3.90. The molecule has 164 valence electrons. The van der Waals surface area contributed by atoms with Crippen LogP contribution >= 0.6 is 0 Å². The fourth-order valence-electron chi connectivity index (χ4n) is 3.85. The maximum atomic E-state index is 13.3. The smallest absolute Gasteiger partial charge is 0.257 e. The van der Waals surface area contributed by atoms with Gasteiger partial charge in [-0.3, -0.25) is 9.78 Å². The van der Waals surface area contributed by atoms with Crippen LogP contribution < -0.4 is 14.8 Å². The van der Waals surface area contributed by atoms with Gasteiger partial charge in [-0.15, -0.1) is 0 Å². The number of amides is 1. The number of nitrogens with one attached hydrogen (secondary N) is 1. The van der Waals surface area contributed by atoms with Crippen LogP contribution in [0.4, 0.5) is 5.82 Å². The third kappa shape index (κ3) is 4.22. The van der Waals surface area contributed by atoms with Crippen LogP contribution in [-0.4, -0.2) is 65.7 Å². The molecule has 0 atom stereocenters. The lowest BCUT2D eigenvalue weighted by Gasteiger charge is -2.32. The van der Waals surface area contributed by atoms with Crippen LogP contribution in [0.1, 0.15) is 15.9 Å². The van der Waals surface area contributed by atoms with Crippen LogP contribution in [0.2, 0.25) is 0 Å². The Morgan fingerprint density at radius 3 is 2.72 bits per heavy atom. The van der Waals surface area contributed by atoms with Crippen molar-refractivity contribution in [2.45, 2.75) is 6.54 Å². The maximum absolute atomic E-state index is 13.3. The zero-order valence-electron chi connectivity index (χ0n) is 18.0. The third-order valence-corrected chi connectivity index (χ3v) is 5.77. The number of aromatic nitrogens is 2. The normalized spacial score (nSPS) is 15.6. The lowest BCUT2D eigenvalue weighted by atomic mass is 10.1. The summed E-state index contributed by atoms with van der Waals surface area (Å²) in [6, 6.07) is 13.4. The first-order valence-electron chi connectivity index (χ1n) is 10.7. The third-order valence-electron chi connectivity index (χ3n) is 5.77. The molecule has 2 aromatic heterocycles. The van der Waals surface area contributed by atoms with E-state index in [1.165, 1.54) is 0 Å². The monoisotopic (exact) mass is 431 g/mol. The molecule has 1 amide bonds. The molecule has 1 aromatic carbocycles. The molecule has 8 heteroatoms. The van der Waals surface area contributed by atoms with Gasteiger partial charge in [0, 0.05) is 50.7 Å². The van der Waals surface area contributed by atoms with Gasteiger partial charge in [0.05, 0.1) is 11.3 Å². The van der Waals surface area contributed by atoms with E-state index in [9.17, 15) is 4.79 Å². The summed E-state index contributed by atoms with van der Waals surface area (Å²) in [5.41, 5.74) is 3.24. The summed E-state index contributed by atoms with van der Waals surface area (Å²) in [5.74, 6) is 1.99. The highest BCUT2D eigenvalue weighted by molar-refractivity contribution is 5.99. The van der Waals surface area contributed by atoms with Crippen molar-refractivity contribution in [3.8, 4) is 22.8 Å². The van der Waals surface area contributed by atoms with Gasteiger partial charge in [-0.1, -0.05) is 6.07 Å². The fourth-order valence-corrected chi connectivity index (χ4v) is 3.85. The molecule has 2 aliphatic rings. The van der Waals surface area contributed by atoms with Crippen molar-refractivity contribution in [1.29, 1.82) is 0 Å². The Bertz CT molecular complexity index is 1110. The molecule has 4 heterocycles. The van der Waals surface area contributed by atoms with E-state index in [1.807, 2.05) is 47.4 Å². The lowest BCUT2D eigenvalue weighted by Crippen LogP contribution is -2.47. The van der Waals surface area contributed by atoms with E-state index in [0.29, 0.717) is 36.8 Å². The second-order valence-corrected chi connectivity index (χ2v) is 7.97. The lowest BCUT2D eigenvalue weighted by molar-refractivity contribution is 0.0664. The summed E-state index contributed by atoms with van der Waals surface area (Å²) in [5, 5.41) is 3.36. The van der Waals surface area contributed by atoms with Crippen LogP contribution in [0.15, 0.2) is 54.9 Å². The molecule has 0 spiro atoms. The zero-order chi connectivity index (χ0) is 21.9. The van der Waals surface area contributed by atoms with Gasteiger partial charge in [-0.05, 0) is 49.0 Å². The van der Waals surface area contributed by atoms with E-state index in [0.717, 1.165) is 35.7 Å². The van der Waals surface area contributed by atoms with Crippen molar-refractivity contribution in [3.63, 3.8) is 0 Å². The Morgan fingerprint density at radius 2 is 1.91 bits per heavy atom. The second kappa shape index (κ2) is 8.84. The maximum Gasteiger partial charge on any atom is 0.257 e. The van der Waals surface area contributed by atoms with Crippen LogP contribution in [0.5, 0.6) is 11.5 Å². The van der Waals surface area contributed by atoms with Gasteiger partial charge in [0.1, 0.15) is 5.82 Å². The first-order valence-corrected chi connectivity index (χ1v) is 10.7. The number of benzene rings is 1. The SMILES string of the molecule is CN1CCN(C(=O)c2ccc(-c3ccc4c(c3)OCO4)nc2NCc2cccnc2)CC1. The van der Waals surface area contributed by atoms with Gasteiger partial charge in [0.15, 0.2) is 11.5 Å². The quantitative estimate of drug-likeness (QED) is 0.665. The number of ether oxygens (including phenoxy) is 2. The van der Waals surface area contributed by atoms with Crippen LogP contribution in [-0.2, 0) is 6.54 Å². The summed E-state index contributed by atoms with van der Waals surface area (Å²) in [7, 11) is 2.07. The van der Waals surface area contributed by atoms with E-state index in [1.54, 1.807) is 12.4 Å². The summed E-state index contributed by atoms with van der Waals surface area (Å²) in [6.07, 6.45) is 3.54. The summed E-state index contributed by atoms with van der Waals surface area (Å²) >= 11 is 0.